The molecule has 19 heavy (non-hydrogen) atoms. The van der Waals surface area contributed by atoms with E-state index < -0.39 is 4.25 Å². The van der Waals surface area contributed by atoms with E-state index in [0.29, 0.717) is 0 Å². The third-order valence-corrected chi connectivity index (χ3v) is 14.6. The summed E-state index contributed by atoms with van der Waals surface area (Å²) in [5, 5.41) is 3.02. The molecule has 0 aromatic heterocycles. The van der Waals surface area contributed by atoms with Gasteiger partial charge in [0.1, 0.15) is 0 Å². The second kappa shape index (κ2) is 4.71. The van der Waals surface area contributed by atoms with Crippen LogP contribution >= 0.6 is 26.3 Å². The van der Waals surface area contributed by atoms with Crippen LogP contribution in [0.3, 0.4) is 0 Å². The van der Waals surface area contributed by atoms with E-state index >= 15 is 0 Å². The SMILES string of the molecule is CC1=CP(I)(c2ccccc2)(c2ccccc2)CC1. The van der Waals surface area contributed by atoms with E-state index in [4.69, 9.17) is 0 Å². The van der Waals surface area contributed by atoms with Gasteiger partial charge in [-0.2, -0.15) is 0 Å². The van der Waals surface area contributed by atoms with Crippen molar-refractivity contribution in [3.05, 3.63) is 72.1 Å². The van der Waals surface area contributed by atoms with Crippen LogP contribution in [-0.4, -0.2) is 6.16 Å². The predicted molar refractivity (Wildman–Crippen MR) is 96.3 cm³/mol. The minimum atomic E-state index is -2.13. The van der Waals surface area contributed by atoms with Crippen molar-refractivity contribution in [2.45, 2.75) is 13.3 Å². The number of benzene rings is 2. The standard InChI is InChI=1S/C17H18IP/c1-15-12-13-19(18,14-15,16-8-4-2-5-9-16)17-10-6-3-7-11-17/h2-11,14H,12-13H2,1H3. The zero-order valence-electron chi connectivity index (χ0n) is 11.1. The number of hydrogen-bond acceptors (Lipinski definition) is 0. The van der Waals surface area contributed by atoms with Gasteiger partial charge in [0.2, 0.25) is 0 Å². The minimum absolute atomic E-state index is 1.23. The first kappa shape index (κ1) is 13.3. The molecular formula is C17H18IP. The van der Waals surface area contributed by atoms with Crippen molar-refractivity contribution >= 4 is 36.9 Å². The maximum absolute atomic E-state index is 2.80. The van der Waals surface area contributed by atoms with Gasteiger partial charge in [-0.25, -0.2) is 0 Å². The molecule has 2 heteroatoms. The summed E-state index contributed by atoms with van der Waals surface area (Å²) in [6.45, 7) is 2.28. The Kier molecular flexibility index (Phi) is 3.31. The molecule has 0 amide bonds. The molecule has 98 valence electrons. The van der Waals surface area contributed by atoms with Crippen molar-refractivity contribution in [1.29, 1.82) is 0 Å². The van der Waals surface area contributed by atoms with E-state index in [-0.39, 0.29) is 0 Å². The average Bonchev–Trinajstić information content (AvgIpc) is 2.80. The van der Waals surface area contributed by atoms with Gasteiger partial charge >= 0.3 is 128 Å². The van der Waals surface area contributed by atoms with Crippen LogP contribution in [0.15, 0.2) is 72.1 Å². The Morgan fingerprint density at radius 3 is 1.68 bits per heavy atom. The molecule has 0 nitrogen and oxygen atoms in total. The van der Waals surface area contributed by atoms with E-state index in [1.54, 1.807) is 5.57 Å². The summed E-state index contributed by atoms with van der Waals surface area (Å²) in [7, 11) is 0. The molecule has 0 radical (unpaired) electrons. The first-order valence-corrected chi connectivity index (χ1v) is 11.9. The topological polar surface area (TPSA) is 0 Å². The van der Waals surface area contributed by atoms with Crippen LogP contribution in [0.1, 0.15) is 13.3 Å². The van der Waals surface area contributed by atoms with Crippen molar-refractivity contribution < 1.29 is 0 Å². The van der Waals surface area contributed by atoms with Crippen LogP contribution < -0.4 is 10.6 Å². The van der Waals surface area contributed by atoms with Crippen molar-refractivity contribution in [2.24, 2.45) is 0 Å². The molecule has 0 bridgehead atoms. The molecule has 1 aliphatic heterocycles. The fraction of sp³-hybridized carbons (Fsp3) is 0.176. The Bertz CT molecular complexity index is 577. The van der Waals surface area contributed by atoms with Gasteiger partial charge in [-0.1, -0.05) is 0 Å². The molecule has 0 saturated heterocycles. The molecule has 1 aliphatic rings. The van der Waals surface area contributed by atoms with Crippen molar-refractivity contribution in [2.75, 3.05) is 6.16 Å². The Morgan fingerprint density at radius 1 is 0.842 bits per heavy atom. The normalized spacial score (nSPS) is 22.2. The third-order valence-electron chi connectivity index (χ3n) is 4.06. The van der Waals surface area contributed by atoms with Crippen molar-refractivity contribution in [1.82, 2.24) is 0 Å². The Balaban J connectivity index is 2.30. The summed E-state index contributed by atoms with van der Waals surface area (Å²) >= 11 is 2.80. The zero-order chi connectivity index (χ0) is 13.4. The molecular weight excluding hydrogens is 362 g/mol. The van der Waals surface area contributed by atoms with Crippen LogP contribution in [0, 0.1) is 0 Å². The van der Waals surface area contributed by atoms with E-state index in [1.165, 1.54) is 23.2 Å². The summed E-state index contributed by atoms with van der Waals surface area (Å²) in [5.41, 5.74) is 1.54. The molecule has 0 spiro atoms. The van der Waals surface area contributed by atoms with Gasteiger partial charge in [-0.05, 0) is 0 Å². The van der Waals surface area contributed by atoms with Gasteiger partial charge in [-0.15, -0.1) is 0 Å². The summed E-state index contributed by atoms with van der Waals surface area (Å²) < 4.78 is -2.13. The summed E-state index contributed by atoms with van der Waals surface area (Å²) in [5.74, 6) is 2.59. The molecule has 0 aliphatic carbocycles. The molecule has 0 N–H and O–H groups in total. The van der Waals surface area contributed by atoms with Crippen LogP contribution in [0.5, 0.6) is 0 Å². The first-order chi connectivity index (χ1) is 9.12. The van der Waals surface area contributed by atoms with E-state index in [0.717, 1.165) is 0 Å². The van der Waals surface area contributed by atoms with Crippen molar-refractivity contribution in [3.8, 4) is 0 Å². The maximum atomic E-state index is 2.80. The molecule has 2 aromatic rings. The molecule has 0 unspecified atom stereocenters. The number of allylic oxidation sites excluding steroid dienone is 1. The number of halogens is 1. The fourth-order valence-corrected chi connectivity index (χ4v) is 11.8. The van der Waals surface area contributed by atoms with E-state index in [1.807, 2.05) is 0 Å². The Hall–Kier alpha value is -0.660. The Morgan fingerprint density at radius 2 is 1.32 bits per heavy atom. The van der Waals surface area contributed by atoms with Crippen molar-refractivity contribution in [3.63, 3.8) is 0 Å². The summed E-state index contributed by atoms with van der Waals surface area (Å²) in [6, 6.07) is 22.2. The monoisotopic (exact) mass is 380 g/mol. The van der Waals surface area contributed by atoms with E-state index in [9.17, 15) is 0 Å². The molecule has 0 saturated carbocycles. The van der Waals surface area contributed by atoms with Crippen LogP contribution in [-0.2, 0) is 0 Å². The number of rotatable bonds is 2. The third kappa shape index (κ3) is 2.08. The van der Waals surface area contributed by atoms with E-state index in [2.05, 4.69) is 95.4 Å². The van der Waals surface area contributed by atoms with Gasteiger partial charge < -0.3 is 0 Å². The second-order valence-corrected chi connectivity index (χ2v) is 16.2. The van der Waals surface area contributed by atoms with Crippen LogP contribution in [0.2, 0.25) is 0 Å². The van der Waals surface area contributed by atoms with Crippen LogP contribution in [0.25, 0.3) is 0 Å². The van der Waals surface area contributed by atoms with Gasteiger partial charge in [0.25, 0.3) is 0 Å². The molecule has 3 rings (SSSR count). The number of hydrogen-bond donors (Lipinski definition) is 0. The zero-order valence-corrected chi connectivity index (χ0v) is 14.1. The predicted octanol–water partition coefficient (Wildman–Crippen LogP) is 4.85. The quantitative estimate of drug-likeness (QED) is 0.516. The van der Waals surface area contributed by atoms with Gasteiger partial charge in [0.15, 0.2) is 0 Å². The average molecular weight is 380 g/mol. The molecule has 1 heterocycles. The summed E-state index contributed by atoms with van der Waals surface area (Å²) in [4.78, 5) is 0. The van der Waals surface area contributed by atoms with Gasteiger partial charge in [0.05, 0.1) is 0 Å². The second-order valence-electron chi connectivity index (χ2n) is 5.38. The van der Waals surface area contributed by atoms with Gasteiger partial charge in [-0.3, -0.25) is 0 Å². The van der Waals surface area contributed by atoms with Crippen LogP contribution in [0.4, 0.5) is 0 Å². The summed E-state index contributed by atoms with van der Waals surface area (Å²) in [6.07, 6.45) is 2.50. The van der Waals surface area contributed by atoms with Gasteiger partial charge in [0, 0.05) is 0 Å². The molecule has 0 atom stereocenters. The fourth-order valence-electron chi connectivity index (χ4n) is 3.04. The molecule has 0 fully saturated rings. The first-order valence-electron chi connectivity index (χ1n) is 6.65. The molecule has 2 aromatic carbocycles. The Labute approximate surface area is 128 Å².